The van der Waals surface area contributed by atoms with Crippen molar-refractivity contribution in [3.05, 3.63) is 52.4 Å². The Kier molecular flexibility index (Phi) is 4.38. The molecule has 1 amide bonds. The third kappa shape index (κ3) is 3.54. The Hall–Kier alpha value is -2.47. The molecular weight excluding hydrogens is 344 g/mol. The number of aliphatic hydroxyl groups is 1. The standard InChI is InChI=1S/C21H24N2O4/c1-21(2)10-16-19(17(25)11-21)18(27-22-16)9-13-3-5-14(6-4-13)20(26)23-8-7-15(24)12-23/h3-6,15,24H,7-12H2,1-2H3/t15-/m0/s1. The molecule has 1 aliphatic heterocycles. The van der Waals surface area contributed by atoms with Gasteiger partial charge in [-0.1, -0.05) is 31.1 Å². The third-order valence-corrected chi connectivity index (χ3v) is 5.41. The number of amides is 1. The van der Waals surface area contributed by atoms with Gasteiger partial charge in [0.25, 0.3) is 5.91 Å². The largest absolute Gasteiger partial charge is 0.391 e. The van der Waals surface area contributed by atoms with Gasteiger partial charge in [0.15, 0.2) is 11.5 Å². The molecular formula is C21H24N2O4. The number of hydrogen-bond donors (Lipinski definition) is 1. The van der Waals surface area contributed by atoms with Gasteiger partial charge >= 0.3 is 0 Å². The van der Waals surface area contributed by atoms with Crippen molar-refractivity contribution in [1.29, 1.82) is 0 Å². The van der Waals surface area contributed by atoms with Gasteiger partial charge in [-0.2, -0.15) is 0 Å². The lowest BCUT2D eigenvalue weighted by Crippen LogP contribution is -2.29. The van der Waals surface area contributed by atoms with Gasteiger partial charge in [0.1, 0.15) is 0 Å². The van der Waals surface area contributed by atoms with E-state index in [1.807, 2.05) is 12.1 Å². The molecule has 6 nitrogen and oxygen atoms in total. The number of hydrogen-bond acceptors (Lipinski definition) is 5. The minimum atomic E-state index is -0.423. The van der Waals surface area contributed by atoms with Crippen molar-refractivity contribution < 1.29 is 19.2 Å². The smallest absolute Gasteiger partial charge is 0.253 e. The Morgan fingerprint density at radius 2 is 2.04 bits per heavy atom. The highest BCUT2D eigenvalue weighted by Gasteiger charge is 2.36. The van der Waals surface area contributed by atoms with Gasteiger partial charge in [-0.15, -0.1) is 0 Å². The lowest BCUT2D eigenvalue weighted by molar-refractivity contribution is 0.0764. The number of benzene rings is 1. The molecule has 142 valence electrons. The summed E-state index contributed by atoms with van der Waals surface area (Å²) < 4.78 is 5.48. The number of aliphatic hydroxyl groups excluding tert-OH is 1. The number of fused-ring (bicyclic) bond motifs is 1. The maximum absolute atomic E-state index is 12.5. The van der Waals surface area contributed by atoms with Crippen LogP contribution in [0.3, 0.4) is 0 Å². The highest BCUT2D eigenvalue weighted by atomic mass is 16.5. The van der Waals surface area contributed by atoms with Crippen molar-refractivity contribution in [2.45, 2.75) is 45.6 Å². The number of aromatic nitrogens is 1. The highest BCUT2D eigenvalue weighted by molar-refractivity contribution is 5.99. The van der Waals surface area contributed by atoms with Crippen LogP contribution in [0.25, 0.3) is 0 Å². The van der Waals surface area contributed by atoms with Crippen LogP contribution in [-0.2, 0) is 12.8 Å². The summed E-state index contributed by atoms with van der Waals surface area (Å²) in [5.74, 6) is 0.636. The molecule has 0 spiro atoms. The fourth-order valence-electron chi connectivity index (χ4n) is 4.02. The van der Waals surface area contributed by atoms with E-state index >= 15 is 0 Å². The quantitative estimate of drug-likeness (QED) is 0.900. The van der Waals surface area contributed by atoms with Gasteiger partial charge in [0, 0.05) is 31.5 Å². The summed E-state index contributed by atoms with van der Waals surface area (Å²) in [4.78, 5) is 26.7. The molecule has 27 heavy (non-hydrogen) atoms. The molecule has 1 aromatic heterocycles. The van der Waals surface area contributed by atoms with E-state index in [9.17, 15) is 14.7 Å². The summed E-state index contributed by atoms with van der Waals surface area (Å²) in [6.45, 7) is 5.11. The van der Waals surface area contributed by atoms with Crippen molar-refractivity contribution >= 4 is 11.7 Å². The van der Waals surface area contributed by atoms with E-state index in [-0.39, 0.29) is 17.1 Å². The second kappa shape index (κ2) is 6.60. The molecule has 2 aromatic rings. The minimum Gasteiger partial charge on any atom is -0.391 e. The third-order valence-electron chi connectivity index (χ3n) is 5.41. The number of likely N-dealkylation sites (tertiary alicyclic amines) is 1. The monoisotopic (exact) mass is 368 g/mol. The molecule has 2 heterocycles. The van der Waals surface area contributed by atoms with Crippen LogP contribution in [0.1, 0.15) is 64.4 Å². The van der Waals surface area contributed by atoms with E-state index in [0.29, 0.717) is 49.2 Å². The number of rotatable bonds is 3. The zero-order valence-electron chi connectivity index (χ0n) is 15.7. The van der Waals surface area contributed by atoms with Crippen LogP contribution in [0.5, 0.6) is 0 Å². The van der Waals surface area contributed by atoms with Crippen molar-refractivity contribution in [2.75, 3.05) is 13.1 Å². The number of carbonyl (C=O) groups is 2. The van der Waals surface area contributed by atoms with Crippen molar-refractivity contribution in [1.82, 2.24) is 10.1 Å². The van der Waals surface area contributed by atoms with Crippen LogP contribution in [0, 0.1) is 5.41 Å². The Morgan fingerprint density at radius 1 is 1.30 bits per heavy atom. The molecule has 1 N–H and O–H groups in total. The lowest BCUT2D eigenvalue weighted by Gasteiger charge is -2.26. The Morgan fingerprint density at radius 3 is 2.70 bits per heavy atom. The van der Waals surface area contributed by atoms with Crippen LogP contribution < -0.4 is 0 Å². The fourth-order valence-corrected chi connectivity index (χ4v) is 4.02. The van der Waals surface area contributed by atoms with E-state index in [0.717, 1.165) is 17.7 Å². The van der Waals surface area contributed by atoms with Gasteiger partial charge in [0.2, 0.25) is 0 Å². The van der Waals surface area contributed by atoms with Crippen LogP contribution in [0.15, 0.2) is 28.8 Å². The van der Waals surface area contributed by atoms with Crippen LogP contribution >= 0.6 is 0 Å². The first kappa shape index (κ1) is 17.9. The van der Waals surface area contributed by atoms with Crippen molar-refractivity contribution in [3.63, 3.8) is 0 Å². The second-order valence-electron chi connectivity index (χ2n) is 8.44. The van der Waals surface area contributed by atoms with Crippen molar-refractivity contribution in [2.24, 2.45) is 5.41 Å². The molecule has 1 aliphatic carbocycles. The SMILES string of the molecule is CC1(C)CC(=O)c2c(noc2Cc2ccc(C(=O)N3CC[C@H](O)C3)cc2)C1. The number of ketones is 1. The molecule has 6 heteroatoms. The zero-order valence-corrected chi connectivity index (χ0v) is 15.7. The maximum atomic E-state index is 12.5. The Balaban J connectivity index is 1.49. The topological polar surface area (TPSA) is 83.6 Å². The summed E-state index contributed by atoms with van der Waals surface area (Å²) in [6.07, 6.45) is 1.93. The summed E-state index contributed by atoms with van der Waals surface area (Å²) in [6, 6.07) is 7.34. The van der Waals surface area contributed by atoms with Gasteiger partial charge in [0.05, 0.1) is 17.4 Å². The minimum absolute atomic E-state index is 0.0625. The number of carbonyl (C=O) groups excluding carboxylic acids is 2. The van der Waals surface area contributed by atoms with E-state index < -0.39 is 6.10 Å². The Labute approximate surface area is 158 Å². The average molecular weight is 368 g/mol. The number of Topliss-reactive ketones (excluding diaryl/α,β-unsaturated/α-hetero) is 1. The summed E-state index contributed by atoms with van der Waals surface area (Å²) in [5.41, 5.74) is 2.88. The van der Waals surface area contributed by atoms with Crippen LogP contribution in [0.4, 0.5) is 0 Å². The number of nitrogens with zero attached hydrogens (tertiary/aromatic N) is 2. The summed E-state index contributed by atoms with van der Waals surface area (Å²) in [7, 11) is 0. The second-order valence-corrected chi connectivity index (χ2v) is 8.44. The molecule has 1 fully saturated rings. The fraction of sp³-hybridized carbons (Fsp3) is 0.476. The molecule has 1 saturated heterocycles. The first-order chi connectivity index (χ1) is 12.8. The lowest BCUT2D eigenvalue weighted by atomic mass is 9.75. The highest BCUT2D eigenvalue weighted by Crippen LogP contribution is 2.36. The molecule has 0 saturated carbocycles. The molecule has 2 aliphatic rings. The van der Waals surface area contributed by atoms with Crippen molar-refractivity contribution in [3.8, 4) is 0 Å². The van der Waals surface area contributed by atoms with Gasteiger partial charge in [-0.25, -0.2) is 0 Å². The van der Waals surface area contributed by atoms with Crippen LogP contribution in [0.2, 0.25) is 0 Å². The normalized spacial score (nSPS) is 21.4. The molecule has 1 aromatic carbocycles. The average Bonchev–Trinajstić information content (AvgIpc) is 3.20. The maximum Gasteiger partial charge on any atom is 0.253 e. The van der Waals surface area contributed by atoms with E-state index in [4.69, 9.17) is 4.52 Å². The molecule has 0 unspecified atom stereocenters. The van der Waals surface area contributed by atoms with E-state index in [1.165, 1.54) is 0 Å². The van der Waals surface area contributed by atoms with Crippen LogP contribution in [-0.4, -0.2) is 46.0 Å². The zero-order chi connectivity index (χ0) is 19.2. The van der Waals surface area contributed by atoms with Gasteiger partial charge < -0.3 is 14.5 Å². The number of β-amino-alcohol motifs (C(OH)–C–C–N with tert-alkyl or cyclic N) is 1. The van der Waals surface area contributed by atoms with E-state index in [2.05, 4.69) is 19.0 Å². The Bertz CT molecular complexity index is 882. The summed E-state index contributed by atoms with van der Waals surface area (Å²) >= 11 is 0. The summed E-state index contributed by atoms with van der Waals surface area (Å²) in [5, 5.41) is 13.7. The van der Waals surface area contributed by atoms with E-state index in [1.54, 1.807) is 17.0 Å². The molecule has 0 radical (unpaired) electrons. The predicted molar refractivity (Wildman–Crippen MR) is 98.7 cm³/mol. The van der Waals surface area contributed by atoms with Gasteiger partial charge in [-0.05, 0) is 36.0 Å². The molecule has 0 bridgehead atoms. The predicted octanol–water partition coefficient (Wildman–Crippen LogP) is 2.63. The first-order valence-corrected chi connectivity index (χ1v) is 9.39. The molecule has 4 rings (SSSR count). The first-order valence-electron chi connectivity index (χ1n) is 9.39. The molecule has 1 atom stereocenters. The van der Waals surface area contributed by atoms with Gasteiger partial charge in [-0.3, -0.25) is 9.59 Å².